The van der Waals surface area contributed by atoms with Crippen molar-refractivity contribution in [3.8, 4) is 0 Å². The molecule has 1 aliphatic rings. The number of aliphatic hydroxyl groups excluding tert-OH is 1. The first-order chi connectivity index (χ1) is 10.3. The Balaban J connectivity index is 2.02. The quantitative estimate of drug-likeness (QED) is 0.769. The number of hydrogen-bond donors (Lipinski definition) is 3. The molecule has 22 heavy (non-hydrogen) atoms. The number of rotatable bonds is 2. The van der Waals surface area contributed by atoms with Crippen molar-refractivity contribution < 1.29 is 23.1 Å². The second-order valence-corrected chi connectivity index (χ2v) is 5.66. The number of halogens is 4. The van der Waals surface area contributed by atoms with Crippen molar-refractivity contribution in [1.29, 1.82) is 0 Å². The summed E-state index contributed by atoms with van der Waals surface area (Å²) in [4.78, 5) is 11.8. The number of carbonyl (C=O) groups is 1. The van der Waals surface area contributed by atoms with Gasteiger partial charge in [-0.3, -0.25) is 0 Å². The van der Waals surface area contributed by atoms with Gasteiger partial charge in [0.25, 0.3) is 0 Å². The van der Waals surface area contributed by atoms with Gasteiger partial charge in [0, 0.05) is 5.69 Å². The van der Waals surface area contributed by atoms with Gasteiger partial charge in [0.2, 0.25) is 0 Å². The highest BCUT2D eigenvalue weighted by Crippen LogP contribution is 2.36. The minimum Gasteiger partial charge on any atom is -0.391 e. The molecular formula is C14H16ClF3N2O2. The maximum Gasteiger partial charge on any atom is 0.417 e. The van der Waals surface area contributed by atoms with Gasteiger partial charge in [-0.2, -0.15) is 13.2 Å². The molecule has 0 aliphatic heterocycles. The number of aliphatic hydroxyl groups is 1. The Kier molecular flexibility index (Phi) is 5.18. The van der Waals surface area contributed by atoms with Crippen LogP contribution in [0.4, 0.5) is 23.7 Å². The minimum atomic E-state index is -4.59. The lowest BCUT2D eigenvalue weighted by Crippen LogP contribution is -2.46. The molecule has 1 aromatic carbocycles. The van der Waals surface area contributed by atoms with Gasteiger partial charge >= 0.3 is 12.2 Å². The molecule has 1 aliphatic carbocycles. The molecule has 4 nitrogen and oxygen atoms in total. The van der Waals surface area contributed by atoms with Crippen molar-refractivity contribution in [3.05, 3.63) is 28.8 Å². The molecule has 0 radical (unpaired) electrons. The standard InChI is InChI=1S/C14H16ClF3N2O2/c15-10-6-5-8(7-9(10)14(16,17)18)19-13(22)20-11-3-1-2-4-12(11)21/h5-7,11-12,21H,1-4H2,(H2,19,20,22). The molecule has 1 aromatic rings. The minimum absolute atomic E-state index is 0.0143. The van der Waals surface area contributed by atoms with Gasteiger partial charge in [-0.15, -0.1) is 0 Å². The van der Waals surface area contributed by atoms with E-state index in [9.17, 15) is 23.1 Å². The molecule has 2 amide bonds. The third kappa shape index (κ3) is 4.27. The molecular weight excluding hydrogens is 321 g/mol. The Bertz CT molecular complexity index is 551. The monoisotopic (exact) mass is 336 g/mol. The van der Waals surface area contributed by atoms with Crippen LogP contribution in [0.2, 0.25) is 5.02 Å². The van der Waals surface area contributed by atoms with Crippen molar-refractivity contribution in [3.63, 3.8) is 0 Å². The number of amides is 2. The Morgan fingerprint density at radius 3 is 2.59 bits per heavy atom. The maximum atomic E-state index is 12.7. The third-order valence-electron chi connectivity index (χ3n) is 3.58. The second kappa shape index (κ2) is 6.75. The highest BCUT2D eigenvalue weighted by Gasteiger charge is 2.33. The van der Waals surface area contributed by atoms with Crippen LogP contribution in [0.3, 0.4) is 0 Å². The first-order valence-electron chi connectivity index (χ1n) is 6.89. The maximum absolute atomic E-state index is 12.7. The van der Waals surface area contributed by atoms with E-state index in [1.54, 1.807) is 0 Å². The Hall–Kier alpha value is -1.47. The van der Waals surface area contributed by atoms with Gasteiger partial charge < -0.3 is 15.7 Å². The predicted octanol–water partition coefficient (Wildman–Crippen LogP) is 3.78. The number of benzene rings is 1. The molecule has 3 N–H and O–H groups in total. The highest BCUT2D eigenvalue weighted by atomic mass is 35.5. The average Bonchev–Trinajstić information content (AvgIpc) is 2.42. The number of alkyl halides is 3. The van der Waals surface area contributed by atoms with E-state index in [1.807, 2.05) is 0 Å². The third-order valence-corrected chi connectivity index (χ3v) is 3.91. The average molecular weight is 337 g/mol. The van der Waals surface area contributed by atoms with E-state index in [-0.39, 0.29) is 11.7 Å². The lowest BCUT2D eigenvalue weighted by molar-refractivity contribution is -0.137. The van der Waals surface area contributed by atoms with E-state index < -0.39 is 28.9 Å². The molecule has 0 saturated heterocycles. The van der Waals surface area contributed by atoms with E-state index in [1.165, 1.54) is 6.07 Å². The molecule has 0 aromatic heterocycles. The van der Waals surface area contributed by atoms with E-state index in [0.29, 0.717) is 12.8 Å². The number of carbonyl (C=O) groups excluding carboxylic acids is 1. The molecule has 0 spiro atoms. The molecule has 0 heterocycles. The van der Waals surface area contributed by atoms with E-state index in [4.69, 9.17) is 11.6 Å². The predicted molar refractivity (Wildman–Crippen MR) is 76.9 cm³/mol. The summed E-state index contributed by atoms with van der Waals surface area (Å²) in [6.07, 6.45) is -2.19. The van der Waals surface area contributed by atoms with Crippen LogP contribution < -0.4 is 10.6 Å². The van der Waals surface area contributed by atoms with E-state index >= 15 is 0 Å². The van der Waals surface area contributed by atoms with Gasteiger partial charge in [-0.25, -0.2) is 4.79 Å². The molecule has 1 fully saturated rings. The smallest absolute Gasteiger partial charge is 0.391 e. The Morgan fingerprint density at radius 1 is 1.27 bits per heavy atom. The van der Waals surface area contributed by atoms with Crippen LogP contribution in [-0.4, -0.2) is 23.3 Å². The van der Waals surface area contributed by atoms with Crippen LogP contribution in [0.5, 0.6) is 0 Å². The van der Waals surface area contributed by atoms with Gasteiger partial charge in [0.05, 0.1) is 22.7 Å². The molecule has 1 saturated carbocycles. The van der Waals surface area contributed by atoms with Crippen LogP contribution in [-0.2, 0) is 6.18 Å². The Morgan fingerprint density at radius 2 is 1.95 bits per heavy atom. The zero-order valence-corrected chi connectivity index (χ0v) is 12.3. The van der Waals surface area contributed by atoms with Crippen LogP contribution in [0, 0.1) is 0 Å². The molecule has 2 rings (SSSR count). The van der Waals surface area contributed by atoms with Crippen molar-refractivity contribution in [2.45, 2.75) is 44.0 Å². The van der Waals surface area contributed by atoms with Gasteiger partial charge in [-0.05, 0) is 31.0 Å². The summed E-state index contributed by atoms with van der Waals surface area (Å²) in [6.45, 7) is 0. The zero-order chi connectivity index (χ0) is 16.3. The van der Waals surface area contributed by atoms with Crippen LogP contribution in [0.1, 0.15) is 31.2 Å². The van der Waals surface area contributed by atoms with Crippen LogP contribution >= 0.6 is 11.6 Å². The normalized spacial score (nSPS) is 22.2. The molecule has 8 heteroatoms. The lowest BCUT2D eigenvalue weighted by Gasteiger charge is -2.28. The topological polar surface area (TPSA) is 61.4 Å². The number of urea groups is 1. The summed E-state index contributed by atoms with van der Waals surface area (Å²) in [6, 6.07) is 2.10. The molecule has 0 bridgehead atoms. The Labute approximate surface area is 130 Å². The van der Waals surface area contributed by atoms with Crippen molar-refractivity contribution in [2.75, 3.05) is 5.32 Å². The first-order valence-corrected chi connectivity index (χ1v) is 7.27. The summed E-state index contributed by atoms with van der Waals surface area (Å²) in [5.41, 5.74) is -1.02. The lowest BCUT2D eigenvalue weighted by atomic mass is 9.93. The van der Waals surface area contributed by atoms with Crippen molar-refractivity contribution >= 4 is 23.3 Å². The fraction of sp³-hybridized carbons (Fsp3) is 0.500. The highest BCUT2D eigenvalue weighted by molar-refractivity contribution is 6.31. The number of nitrogens with one attached hydrogen (secondary N) is 2. The molecule has 122 valence electrons. The van der Waals surface area contributed by atoms with Gasteiger partial charge in [0.1, 0.15) is 0 Å². The van der Waals surface area contributed by atoms with Gasteiger partial charge in [-0.1, -0.05) is 24.4 Å². The molecule has 2 unspecified atom stereocenters. The largest absolute Gasteiger partial charge is 0.417 e. The van der Waals surface area contributed by atoms with E-state index in [0.717, 1.165) is 25.0 Å². The summed E-state index contributed by atoms with van der Waals surface area (Å²) < 4.78 is 38.2. The molecule has 2 atom stereocenters. The van der Waals surface area contributed by atoms with Crippen molar-refractivity contribution in [2.24, 2.45) is 0 Å². The fourth-order valence-electron chi connectivity index (χ4n) is 2.44. The summed E-state index contributed by atoms with van der Waals surface area (Å²) >= 11 is 5.51. The zero-order valence-electron chi connectivity index (χ0n) is 11.6. The summed E-state index contributed by atoms with van der Waals surface area (Å²) in [7, 11) is 0. The second-order valence-electron chi connectivity index (χ2n) is 5.25. The number of anilines is 1. The first kappa shape index (κ1) is 16.9. The van der Waals surface area contributed by atoms with E-state index in [2.05, 4.69) is 10.6 Å². The fourth-order valence-corrected chi connectivity index (χ4v) is 2.66. The van der Waals surface area contributed by atoms with Crippen LogP contribution in [0.15, 0.2) is 18.2 Å². The summed E-state index contributed by atoms with van der Waals surface area (Å²) in [5.74, 6) is 0. The summed E-state index contributed by atoms with van der Waals surface area (Å²) in [5, 5.41) is 14.2. The van der Waals surface area contributed by atoms with Crippen LogP contribution in [0.25, 0.3) is 0 Å². The van der Waals surface area contributed by atoms with Crippen molar-refractivity contribution in [1.82, 2.24) is 5.32 Å². The SMILES string of the molecule is O=C(Nc1ccc(Cl)c(C(F)(F)F)c1)NC1CCCCC1O. The number of hydrogen-bond acceptors (Lipinski definition) is 2. The van der Waals surface area contributed by atoms with Gasteiger partial charge in [0.15, 0.2) is 0 Å².